The molecule has 0 aliphatic carbocycles. The number of benzene rings is 1. The molecule has 0 unspecified atom stereocenters. The van der Waals surface area contributed by atoms with Crippen LogP contribution in [0.25, 0.3) is 0 Å². The summed E-state index contributed by atoms with van der Waals surface area (Å²) in [5.74, 6) is -1.80. The lowest BCUT2D eigenvalue weighted by Gasteiger charge is -2.31. The second kappa shape index (κ2) is 11.0. The van der Waals surface area contributed by atoms with E-state index < -0.39 is 36.3 Å². The van der Waals surface area contributed by atoms with Crippen molar-refractivity contribution in [3.63, 3.8) is 0 Å². The van der Waals surface area contributed by atoms with Crippen molar-refractivity contribution < 1.29 is 28.7 Å². The van der Waals surface area contributed by atoms with E-state index in [4.69, 9.17) is 21.1 Å². The Hall–Kier alpha value is -2.65. The highest BCUT2D eigenvalue weighted by Crippen LogP contribution is 2.23. The van der Waals surface area contributed by atoms with Gasteiger partial charge in [0.25, 0.3) is 5.91 Å². The molecule has 180 valence electrons. The Labute approximate surface area is 198 Å². The Bertz CT molecular complexity index is 908. The van der Waals surface area contributed by atoms with E-state index in [1.165, 1.54) is 4.90 Å². The smallest absolute Gasteiger partial charge is 0.310 e. The molecule has 10 heteroatoms. The third-order valence-corrected chi connectivity index (χ3v) is 6.13. The zero-order chi connectivity index (χ0) is 24.1. The average molecular weight is 480 g/mol. The highest BCUT2D eigenvalue weighted by atomic mass is 35.5. The maximum absolute atomic E-state index is 13.4. The van der Waals surface area contributed by atoms with Crippen molar-refractivity contribution in [1.82, 2.24) is 15.5 Å². The molecule has 0 spiro atoms. The number of halogens is 1. The molecule has 0 aromatic heterocycles. The highest BCUT2D eigenvalue weighted by molar-refractivity contribution is 6.33. The van der Waals surface area contributed by atoms with Crippen molar-refractivity contribution in [1.29, 1.82) is 0 Å². The first-order valence-corrected chi connectivity index (χ1v) is 11.6. The average Bonchev–Trinajstić information content (AvgIpc) is 3.38. The molecule has 2 N–H and O–H groups in total. The van der Waals surface area contributed by atoms with Crippen LogP contribution in [0.15, 0.2) is 24.3 Å². The molecular formula is C23H30ClN3O6. The molecule has 0 saturated carbocycles. The summed E-state index contributed by atoms with van der Waals surface area (Å²) in [5, 5.41) is 5.88. The normalized spacial score (nSPS) is 23.4. The van der Waals surface area contributed by atoms with Gasteiger partial charge in [-0.2, -0.15) is 0 Å². The molecule has 2 heterocycles. The fraction of sp³-hybridized carbons (Fsp3) is 0.565. The van der Waals surface area contributed by atoms with Crippen LogP contribution >= 0.6 is 11.6 Å². The number of nitrogens with one attached hydrogen (secondary N) is 2. The van der Waals surface area contributed by atoms with Crippen LogP contribution in [0.2, 0.25) is 5.02 Å². The van der Waals surface area contributed by atoms with Crippen LogP contribution in [-0.2, 0) is 23.9 Å². The van der Waals surface area contributed by atoms with Crippen molar-refractivity contribution in [2.75, 3.05) is 13.2 Å². The summed E-state index contributed by atoms with van der Waals surface area (Å²) in [6, 6.07) is 4.48. The number of esters is 1. The van der Waals surface area contributed by atoms with Crippen LogP contribution in [0, 0.1) is 5.92 Å². The summed E-state index contributed by atoms with van der Waals surface area (Å²) in [6.45, 7) is 6.16. The number of carbonyl (C=O) groups is 4. The fourth-order valence-corrected chi connectivity index (χ4v) is 4.33. The first-order valence-electron chi connectivity index (χ1n) is 11.2. The zero-order valence-corrected chi connectivity index (χ0v) is 19.8. The fourth-order valence-electron chi connectivity index (χ4n) is 4.11. The third kappa shape index (κ3) is 5.83. The molecule has 2 saturated heterocycles. The van der Waals surface area contributed by atoms with Gasteiger partial charge in [0, 0.05) is 13.2 Å². The molecule has 4 atom stereocenters. The van der Waals surface area contributed by atoms with E-state index in [-0.39, 0.29) is 29.7 Å². The predicted octanol–water partition coefficient (Wildman–Crippen LogP) is 1.88. The maximum atomic E-state index is 13.4. The quantitative estimate of drug-likeness (QED) is 0.550. The number of nitrogens with zero attached hydrogens (tertiary/aromatic N) is 1. The molecule has 2 fully saturated rings. The Kier molecular flexibility index (Phi) is 8.31. The molecule has 1 aromatic rings. The number of likely N-dealkylation sites (tertiary alicyclic amines) is 1. The topological polar surface area (TPSA) is 114 Å². The highest BCUT2D eigenvalue weighted by Gasteiger charge is 2.42. The van der Waals surface area contributed by atoms with Crippen molar-refractivity contribution in [3.05, 3.63) is 34.9 Å². The van der Waals surface area contributed by atoms with Gasteiger partial charge in [-0.25, -0.2) is 0 Å². The largest absolute Gasteiger partial charge is 0.433 e. The Morgan fingerprint density at radius 3 is 2.67 bits per heavy atom. The van der Waals surface area contributed by atoms with E-state index in [9.17, 15) is 19.2 Å². The molecule has 1 aromatic carbocycles. The van der Waals surface area contributed by atoms with Gasteiger partial charge in [-0.1, -0.05) is 37.6 Å². The summed E-state index contributed by atoms with van der Waals surface area (Å²) < 4.78 is 10.5. The Morgan fingerprint density at radius 2 is 2.00 bits per heavy atom. The number of ether oxygens (including phenoxy) is 2. The van der Waals surface area contributed by atoms with E-state index >= 15 is 0 Å². The number of hydrogen-bond donors (Lipinski definition) is 2. The van der Waals surface area contributed by atoms with Crippen LogP contribution < -0.4 is 10.6 Å². The van der Waals surface area contributed by atoms with Crippen LogP contribution in [0.4, 0.5) is 0 Å². The van der Waals surface area contributed by atoms with Gasteiger partial charge < -0.3 is 25.0 Å². The van der Waals surface area contributed by atoms with Crippen molar-refractivity contribution in [2.45, 2.75) is 64.4 Å². The van der Waals surface area contributed by atoms with Crippen molar-refractivity contribution >= 4 is 35.3 Å². The number of carbonyl (C=O) groups excluding carboxylic acids is 4. The first kappa shape index (κ1) is 25.0. The molecule has 9 nitrogen and oxygen atoms in total. The van der Waals surface area contributed by atoms with Gasteiger partial charge >= 0.3 is 5.97 Å². The molecular weight excluding hydrogens is 450 g/mol. The standard InChI is InChI=1S/C23H30ClN3O6/c1-4-32-23-16(12-18(28)33-23)25-21(30)17-10-7-11-27(17)22(31)19(13(2)3)26-20(29)14-8-5-6-9-15(14)24/h5-6,8-9,13,16-17,19,23H,4,7,10-12H2,1-3H3,(H,25,30)(H,26,29)/t16-,17-,19-,23+/m0/s1. The monoisotopic (exact) mass is 479 g/mol. The van der Waals surface area contributed by atoms with Gasteiger partial charge in [0.05, 0.1) is 17.0 Å². The van der Waals surface area contributed by atoms with E-state index in [0.717, 1.165) is 0 Å². The van der Waals surface area contributed by atoms with Crippen molar-refractivity contribution in [3.8, 4) is 0 Å². The van der Waals surface area contributed by atoms with Crippen molar-refractivity contribution in [2.24, 2.45) is 5.92 Å². The molecule has 2 aliphatic heterocycles. The molecule has 0 bridgehead atoms. The lowest BCUT2D eigenvalue weighted by molar-refractivity contribution is -0.164. The van der Waals surface area contributed by atoms with E-state index in [1.54, 1.807) is 31.2 Å². The number of amides is 3. The minimum Gasteiger partial charge on any atom is -0.433 e. The maximum Gasteiger partial charge on any atom is 0.310 e. The summed E-state index contributed by atoms with van der Waals surface area (Å²) in [7, 11) is 0. The van der Waals surface area contributed by atoms with E-state index in [0.29, 0.717) is 31.0 Å². The Morgan fingerprint density at radius 1 is 1.27 bits per heavy atom. The SMILES string of the molecule is CCO[C@@H]1OC(=O)C[C@@H]1NC(=O)[C@@H]1CCCN1C(=O)[C@@H](NC(=O)c1ccccc1Cl)C(C)C. The number of cyclic esters (lactones) is 1. The third-order valence-electron chi connectivity index (χ3n) is 5.80. The van der Waals surface area contributed by atoms with Gasteiger partial charge in [-0.15, -0.1) is 0 Å². The lowest BCUT2D eigenvalue weighted by Crippen LogP contribution is -2.56. The molecule has 0 radical (unpaired) electrons. The molecule has 3 rings (SSSR count). The van der Waals surface area contributed by atoms with Gasteiger partial charge in [0.1, 0.15) is 18.1 Å². The lowest BCUT2D eigenvalue weighted by atomic mass is 10.0. The molecule has 3 amide bonds. The summed E-state index contributed by atoms with van der Waals surface area (Å²) in [6.07, 6.45) is 0.318. The summed E-state index contributed by atoms with van der Waals surface area (Å²) in [5.41, 5.74) is 0.279. The van der Waals surface area contributed by atoms with Crippen LogP contribution in [0.5, 0.6) is 0 Å². The van der Waals surface area contributed by atoms with Gasteiger partial charge in [0.2, 0.25) is 18.1 Å². The van der Waals surface area contributed by atoms with Gasteiger partial charge in [-0.3, -0.25) is 19.2 Å². The first-order chi connectivity index (χ1) is 15.7. The Balaban J connectivity index is 1.70. The second-order valence-electron chi connectivity index (χ2n) is 8.50. The number of hydrogen-bond acceptors (Lipinski definition) is 6. The second-order valence-corrected chi connectivity index (χ2v) is 8.90. The van der Waals surface area contributed by atoms with Crippen LogP contribution in [-0.4, -0.2) is 66.2 Å². The summed E-state index contributed by atoms with van der Waals surface area (Å²) in [4.78, 5) is 52.3. The summed E-state index contributed by atoms with van der Waals surface area (Å²) >= 11 is 6.13. The van der Waals surface area contributed by atoms with E-state index in [1.807, 2.05) is 13.8 Å². The zero-order valence-electron chi connectivity index (χ0n) is 19.0. The molecule has 33 heavy (non-hydrogen) atoms. The minimum atomic E-state index is -0.838. The van der Waals surface area contributed by atoms with E-state index in [2.05, 4.69) is 10.6 Å². The molecule has 2 aliphatic rings. The minimum absolute atomic E-state index is 0.0135. The predicted molar refractivity (Wildman–Crippen MR) is 120 cm³/mol. The van der Waals surface area contributed by atoms with Gasteiger partial charge in [0.15, 0.2) is 0 Å². The van der Waals surface area contributed by atoms with Gasteiger partial charge in [-0.05, 0) is 37.8 Å². The van der Waals surface area contributed by atoms with Crippen LogP contribution in [0.1, 0.15) is 50.4 Å². The number of rotatable bonds is 8. The van der Waals surface area contributed by atoms with Crippen LogP contribution in [0.3, 0.4) is 0 Å².